The molecule has 0 saturated heterocycles. The number of esters is 1. The molecular formula is C11H14F2N2O4S. The number of benzene rings is 1. The molecule has 0 aliphatic carbocycles. The number of halogens is 2. The Labute approximate surface area is 115 Å². The number of ether oxygens (including phenoxy) is 1. The average Bonchev–Trinajstić information content (AvgIpc) is 2.33. The summed E-state index contributed by atoms with van der Waals surface area (Å²) in [4.78, 5) is 10.8. The molecule has 9 heteroatoms. The van der Waals surface area contributed by atoms with Crippen LogP contribution < -0.4 is 10.5 Å². The van der Waals surface area contributed by atoms with Crippen LogP contribution in [0.5, 0.6) is 0 Å². The van der Waals surface area contributed by atoms with Gasteiger partial charge in [-0.05, 0) is 12.5 Å². The zero-order valence-electron chi connectivity index (χ0n) is 10.7. The van der Waals surface area contributed by atoms with Crippen LogP contribution >= 0.6 is 0 Å². The van der Waals surface area contributed by atoms with E-state index in [0.29, 0.717) is 6.07 Å². The van der Waals surface area contributed by atoms with E-state index in [0.717, 1.165) is 6.07 Å². The molecular weight excluding hydrogens is 294 g/mol. The van der Waals surface area contributed by atoms with Gasteiger partial charge in [0.25, 0.3) is 0 Å². The first-order chi connectivity index (χ1) is 9.25. The van der Waals surface area contributed by atoms with Crippen molar-refractivity contribution < 1.29 is 26.7 Å². The second kappa shape index (κ2) is 6.51. The molecule has 1 aromatic carbocycles. The monoisotopic (exact) mass is 308 g/mol. The lowest BCUT2D eigenvalue weighted by Gasteiger charge is -2.11. The number of nitrogen functional groups attached to an aromatic ring is 1. The summed E-state index contributed by atoms with van der Waals surface area (Å²) in [6.07, 6.45) is -0.0798. The first-order valence-corrected chi connectivity index (χ1v) is 7.22. The molecule has 20 heavy (non-hydrogen) atoms. The van der Waals surface area contributed by atoms with Gasteiger partial charge in [0.05, 0.1) is 18.6 Å². The summed E-state index contributed by atoms with van der Waals surface area (Å²) < 4.78 is 55.9. The molecule has 0 atom stereocenters. The molecule has 0 aromatic heterocycles. The fraction of sp³-hybridized carbons (Fsp3) is 0.364. The average molecular weight is 308 g/mol. The molecule has 0 radical (unpaired) electrons. The van der Waals surface area contributed by atoms with Crippen LogP contribution in [-0.2, 0) is 19.6 Å². The molecule has 0 amide bonds. The molecule has 3 N–H and O–H groups in total. The van der Waals surface area contributed by atoms with Crippen molar-refractivity contribution in [3.8, 4) is 0 Å². The summed E-state index contributed by atoms with van der Waals surface area (Å²) in [5, 5.41) is 0. The van der Waals surface area contributed by atoms with E-state index in [1.165, 1.54) is 7.11 Å². The van der Waals surface area contributed by atoms with Gasteiger partial charge in [0.2, 0.25) is 10.0 Å². The smallest absolute Gasteiger partial charge is 0.305 e. The van der Waals surface area contributed by atoms with E-state index < -0.39 is 39.1 Å². The van der Waals surface area contributed by atoms with Crippen molar-refractivity contribution in [1.82, 2.24) is 0 Å². The third kappa shape index (κ3) is 4.65. The van der Waals surface area contributed by atoms with Gasteiger partial charge < -0.3 is 10.5 Å². The van der Waals surface area contributed by atoms with Gasteiger partial charge in [0, 0.05) is 12.5 Å². The van der Waals surface area contributed by atoms with Crippen molar-refractivity contribution in [3.63, 3.8) is 0 Å². The standard InChI is InChI=1S/C11H14F2N2O4S/c1-19-10(16)3-2-4-20(17,18)15-11-8(13)5-7(12)6-9(11)14/h5-6,15H,2-4,14H2,1H3. The number of carbonyl (C=O) groups excluding carboxylic acids is 1. The van der Waals surface area contributed by atoms with Crippen LogP contribution in [-0.4, -0.2) is 27.2 Å². The van der Waals surface area contributed by atoms with Gasteiger partial charge in [-0.1, -0.05) is 0 Å². The Morgan fingerprint density at radius 3 is 2.60 bits per heavy atom. The molecule has 0 unspecified atom stereocenters. The predicted molar refractivity (Wildman–Crippen MR) is 69.4 cm³/mol. The molecule has 0 aliphatic heterocycles. The molecule has 1 rings (SSSR count). The first kappa shape index (κ1) is 16.2. The number of hydrogen-bond acceptors (Lipinski definition) is 5. The van der Waals surface area contributed by atoms with E-state index in [1.54, 1.807) is 0 Å². The van der Waals surface area contributed by atoms with E-state index in [4.69, 9.17) is 5.73 Å². The lowest BCUT2D eigenvalue weighted by Crippen LogP contribution is -2.19. The maximum atomic E-state index is 13.4. The topological polar surface area (TPSA) is 98.5 Å². The zero-order chi connectivity index (χ0) is 15.3. The number of hydrogen-bond donors (Lipinski definition) is 2. The molecule has 112 valence electrons. The van der Waals surface area contributed by atoms with E-state index in [2.05, 4.69) is 4.74 Å². The normalized spacial score (nSPS) is 11.2. The van der Waals surface area contributed by atoms with E-state index in [1.807, 2.05) is 4.72 Å². The third-order valence-corrected chi connectivity index (χ3v) is 3.71. The molecule has 0 fully saturated rings. The number of sulfonamides is 1. The van der Waals surface area contributed by atoms with E-state index in [9.17, 15) is 22.0 Å². The van der Waals surface area contributed by atoms with Gasteiger partial charge in [-0.15, -0.1) is 0 Å². The number of anilines is 2. The van der Waals surface area contributed by atoms with Crippen LogP contribution in [0.15, 0.2) is 12.1 Å². The Hall–Kier alpha value is -1.90. The largest absolute Gasteiger partial charge is 0.469 e. The van der Waals surface area contributed by atoms with Crippen LogP contribution in [0.2, 0.25) is 0 Å². The highest BCUT2D eigenvalue weighted by Gasteiger charge is 2.17. The van der Waals surface area contributed by atoms with Crippen LogP contribution in [0.25, 0.3) is 0 Å². The predicted octanol–water partition coefficient (Wildman–Crippen LogP) is 1.24. The minimum atomic E-state index is -3.90. The lowest BCUT2D eigenvalue weighted by molar-refractivity contribution is -0.140. The Kier molecular flexibility index (Phi) is 5.26. The van der Waals surface area contributed by atoms with Crippen LogP contribution in [0.3, 0.4) is 0 Å². The fourth-order valence-corrected chi connectivity index (χ4v) is 2.57. The molecule has 0 aliphatic rings. The zero-order valence-corrected chi connectivity index (χ0v) is 11.5. The van der Waals surface area contributed by atoms with E-state index >= 15 is 0 Å². The number of methoxy groups -OCH3 is 1. The van der Waals surface area contributed by atoms with Gasteiger partial charge in [0.15, 0.2) is 5.82 Å². The number of rotatable bonds is 6. The summed E-state index contributed by atoms with van der Waals surface area (Å²) in [6.45, 7) is 0. The summed E-state index contributed by atoms with van der Waals surface area (Å²) in [6, 6.07) is 1.32. The number of nitrogens with one attached hydrogen (secondary N) is 1. The van der Waals surface area contributed by atoms with Gasteiger partial charge >= 0.3 is 5.97 Å². The minimum absolute atomic E-state index is 0.00469. The Bertz CT molecular complexity index is 581. The van der Waals surface area contributed by atoms with Crippen molar-refractivity contribution >= 4 is 27.4 Å². The van der Waals surface area contributed by atoms with Gasteiger partial charge in [-0.25, -0.2) is 17.2 Å². The summed E-state index contributed by atoms with van der Waals surface area (Å²) in [5.41, 5.74) is 4.48. The highest BCUT2D eigenvalue weighted by molar-refractivity contribution is 7.92. The quantitative estimate of drug-likeness (QED) is 0.608. The first-order valence-electron chi connectivity index (χ1n) is 5.57. The lowest BCUT2D eigenvalue weighted by atomic mass is 10.2. The van der Waals surface area contributed by atoms with Crippen molar-refractivity contribution in [2.24, 2.45) is 0 Å². The Balaban J connectivity index is 2.74. The Morgan fingerprint density at radius 1 is 1.40 bits per heavy atom. The van der Waals surface area contributed by atoms with Crippen LogP contribution in [0.1, 0.15) is 12.8 Å². The molecule has 0 bridgehead atoms. The van der Waals surface area contributed by atoms with Gasteiger partial charge in [0.1, 0.15) is 11.5 Å². The third-order valence-electron chi connectivity index (χ3n) is 2.36. The SMILES string of the molecule is COC(=O)CCCS(=O)(=O)Nc1c(N)cc(F)cc1F. The minimum Gasteiger partial charge on any atom is -0.469 e. The van der Waals surface area contributed by atoms with Crippen molar-refractivity contribution in [2.75, 3.05) is 23.3 Å². The van der Waals surface area contributed by atoms with Crippen molar-refractivity contribution in [3.05, 3.63) is 23.8 Å². The number of nitrogens with two attached hydrogens (primary N) is 1. The molecule has 0 spiro atoms. The van der Waals surface area contributed by atoms with Gasteiger partial charge in [-0.2, -0.15) is 0 Å². The maximum absolute atomic E-state index is 13.4. The summed E-state index contributed by atoms with van der Waals surface area (Å²) in [5.74, 6) is -2.99. The highest BCUT2D eigenvalue weighted by atomic mass is 32.2. The maximum Gasteiger partial charge on any atom is 0.305 e. The van der Waals surface area contributed by atoms with Crippen LogP contribution in [0, 0.1) is 11.6 Å². The van der Waals surface area contributed by atoms with Crippen molar-refractivity contribution in [2.45, 2.75) is 12.8 Å². The van der Waals surface area contributed by atoms with Crippen LogP contribution in [0.4, 0.5) is 20.2 Å². The van der Waals surface area contributed by atoms with Gasteiger partial charge in [-0.3, -0.25) is 9.52 Å². The molecule has 1 aromatic rings. The molecule has 6 nitrogen and oxygen atoms in total. The van der Waals surface area contributed by atoms with Crippen molar-refractivity contribution in [1.29, 1.82) is 0 Å². The highest BCUT2D eigenvalue weighted by Crippen LogP contribution is 2.25. The number of carbonyl (C=O) groups is 1. The Morgan fingerprint density at radius 2 is 2.05 bits per heavy atom. The fourth-order valence-electron chi connectivity index (χ4n) is 1.42. The molecule has 0 saturated carbocycles. The molecule has 0 heterocycles. The summed E-state index contributed by atoms with van der Waals surface area (Å²) >= 11 is 0. The second-order valence-electron chi connectivity index (χ2n) is 3.95. The second-order valence-corrected chi connectivity index (χ2v) is 5.79. The van der Waals surface area contributed by atoms with E-state index in [-0.39, 0.29) is 18.5 Å². The summed E-state index contributed by atoms with van der Waals surface area (Å²) in [7, 11) is -2.71.